The van der Waals surface area contributed by atoms with Gasteiger partial charge in [0.1, 0.15) is 5.75 Å². The number of piperidine rings is 1. The summed E-state index contributed by atoms with van der Waals surface area (Å²) in [5.74, 6) is -0.144. The largest absolute Gasteiger partial charge is 0.573 e. The first kappa shape index (κ1) is 24.6. The third-order valence-electron chi connectivity index (χ3n) is 6.06. The average molecular weight is 535 g/mol. The van der Waals surface area contributed by atoms with E-state index < -0.39 is 12.5 Å². The number of anilines is 2. The number of amides is 2. The smallest absolute Gasteiger partial charge is 0.465 e. The molecule has 2 aromatic carbocycles. The quantitative estimate of drug-likeness (QED) is 0.339. The summed E-state index contributed by atoms with van der Waals surface area (Å²) in [6.07, 6.45) is -4.64. The number of rotatable bonds is 5. The van der Waals surface area contributed by atoms with Crippen molar-refractivity contribution in [3.8, 4) is 5.75 Å². The van der Waals surface area contributed by atoms with Crippen LogP contribution in [0, 0.1) is 0 Å². The zero-order valence-electron chi connectivity index (χ0n) is 19.4. The van der Waals surface area contributed by atoms with Crippen LogP contribution in [0.5, 0.6) is 5.75 Å². The summed E-state index contributed by atoms with van der Waals surface area (Å²) < 4.78 is 43.8. The molecule has 4 aromatic rings. The van der Waals surface area contributed by atoms with Gasteiger partial charge in [0.25, 0.3) is 5.91 Å². The molecular formula is C23H21F3N6O4S. The molecule has 3 heterocycles. The second-order valence-electron chi connectivity index (χ2n) is 8.54. The maximum absolute atomic E-state index is 12.8. The Morgan fingerprint density at radius 3 is 2.57 bits per heavy atom. The van der Waals surface area contributed by atoms with Crippen LogP contribution in [0.1, 0.15) is 23.2 Å². The second-order valence-corrected chi connectivity index (χ2v) is 9.57. The molecule has 10 nitrogen and oxygen atoms in total. The molecular weight excluding hydrogens is 513 g/mol. The molecule has 3 N–H and O–H groups in total. The summed E-state index contributed by atoms with van der Waals surface area (Å²) >= 11 is 1.15. The fraction of sp³-hybridized carbons (Fsp3) is 0.304. The molecule has 1 fully saturated rings. The highest BCUT2D eigenvalue weighted by atomic mass is 32.1. The number of hydrogen-bond acceptors (Lipinski definition) is 7. The molecule has 0 bridgehead atoms. The van der Waals surface area contributed by atoms with E-state index in [9.17, 15) is 22.8 Å². The average Bonchev–Trinajstić information content (AvgIpc) is 3.37. The van der Waals surface area contributed by atoms with Crippen molar-refractivity contribution in [3.05, 3.63) is 42.0 Å². The fourth-order valence-electron chi connectivity index (χ4n) is 4.19. The molecule has 1 saturated heterocycles. The van der Waals surface area contributed by atoms with Crippen molar-refractivity contribution < 1.29 is 32.6 Å². The molecule has 0 aliphatic carbocycles. The Balaban J connectivity index is 1.30. The van der Waals surface area contributed by atoms with Gasteiger partial charge in [0.05, 0.1) is 21.3 Å². The summed E-state index contributed by atoms with van der Waals surface area (Å²) in [6, 6.07) is 8.95. The number of ether oxygens (including phenoxy) is 1. The van der Waals surface area contributed by atoms with Crippen molar-refractivity contribution in [2.45, 2.75) is 25.2 Å². The van der Waals surface area contributed by atoms with Gasteiger partial charge in [-0.1, -0.05) is 11.3 Å². The van der Waals surface area contributed by atoms with Gasteiger partial charge >= 0.3 is 12.5 Å². The van der Waals surface area contributed by atoms with Crippen LogP contribution in [0.25, 0.3) is 21.3 Å². The Labute approximate surface area is 211 Å². The van der Waals surface area contributed by atoms with Crippen LogP contribution in [0.15, 0.2) is 36.4 Å². The maximum atomic E-state index is 12.8. The predicted octanol–water partition coefficient (Wildman–Crippen LogP) is 4.70. The molecule has 2 amide bonds. The molecule has 194 valence electrons. The molecule has 14 heteroatoms. The Morgan fingerprint density at radius 2 is 1.86 bits per heavy atom. The lowest BCUT2D eigenvalue weighted by atomic mass is 10.0. The maximum Gasteiger partial charge on any atom is 0.573 e. The van der Waals surface area contributed by atoms with Gasteiger partial charge in [-0.05, 0) is 43.2 Å². The van der Waals surface area contributed by atoms with Crippen molar-refractivity contribution in [3.63, 3.8) is 0 Å². The summed E-state index contributed by atoms with van der Waals surface area (Å²) in [4.78, 5) is 34.1. The molecule has 0 atom stereocenters. The highest BCUT2D eigenvalue weighted by Crippen LogP contribution is 2.33. The van der Waals surface area contributed by atoms with Crippen LogP contribution in [-0.2, 0) is 7.05 Å². The SMILES string of the molecule is Cn1c(Nc2nc3ccc(OC(F)(F)F)cc3s2)nc2cc(C(=O)NC3CCN(C(=O)O)CC3)ccc21. The normalized spacial score (nSPS) is 14.8. The number of carbonyl (C=O) groups excluding carboxylic acids is 1. The molecule has 0 spiro atoms. The first-order chi connectivity index (χ1) is 17.6. The minimum absolute atomic E-state index is 0.110. The van der Waals surface area contributed by atoms with Crippen LogP contribution in [-0.4, -0.2) is 62.0 Å². The van der Waals surface area contributed by atoms with Gasteiger partial charge in [0.15, 0.2) is 5.13 Å². The number of carbonyl (C=O) groups is 2. The van der Waals surface area contributed by atoms with Crippen molar-refractivity contribution in [1.29, 1.82) is 0 Å². The molecule has 1 aliphatic heterocycles. The first-order valence-corrected chi connectivity index (χ1v) is 12.1. The second kappa shape index (κ2) is 9.42. The summed E-state index contributed by atoms with van der Waals surface area (Å²) in [7, 11) is 1.79. The molecule has 0 saturated carbocycles. The van der Waals surface area contributed by atoms with Crippen LogP contribution in [0.4, 0.5) is 29.0 Å². The number of alkyl halides is 3. The van der Waals surface area contributed by atoms with Gasteiger partial charge in [-0.25, -0.2) is 14.8 Å². The van der Waals surface area contributed by atoms with E-state index in [-0.39, 0.29) is 17.7 Å². The molecule has 1 aliphatic rings. The van der Waals surface area contributed by atoms with E-state index >= 15 is 0 Å². The molecule has 0 radical (unpaired) electrons. The Hall–Kier alpha value is -4.07. The number of fused-ring (bicyclic) bond motifs is 2. The zero-order chi connectivity index (χ0) is 26.3. The highest BCUT2D eigenvalue weighted by Gasteiger charge is 2.31. The number of likely N-dealkylation sites (tertiary alicyclic amines) is 1. The van der Waals surface area contributed by atoms with Gasteiger partial charge in [0, 0.05) is 37.8 Å². The number of nitrogens with one attached hydrogen (secondary N) is 2. The number of thiazole rings is 1. The van der Waals surface area contributed by atoms with E-state index in [0.717, 1.165) is 16.9 Å². The predicted molar refractivity (Wildman–Crippen MR) is 130 cm³/mol. The van der Waals surface area contributed by atoms with Crippen molar-refractivity contribution >= 4 is 55.7 Å². The number of aryl methyl sites for hydroxylation is 1. The van der Waals surface area contributed by atoms with Crippen LogP contribution < -0.4 is 15.4 Å². The van der Waals surface area contributed by atoms with Gasteiger partial charge in [-0.3, -0.25) is 4.79 Å². The fourth-order valence-corrected chi connectivity index (χ4v) is 5.08. The van der Waals surface area contributed by atoms with E-state index in [0.29, 0.717) is 58.3 Å². The number of nitrogens with zero attached hydrogens (tertiary/aromatic N) is 4. The van der Waals surface area contributed by atoms with E-state index in [1.165, 1.54) is 23.1 Å². The highest BCUT2D eigenvalue weighted by molar-refractivity contribution is 7.22. The standard InChI is InChI=1S/C23H21F3N6O4S/c1-31-17-5-2-12(19(33)27-13-6-8-32(9-7-13)22(34)35)10-16(17)28-20(31)30-21-29-15-4-3-14(11-18(15)37-21)36-23(24,25)26/h2-5,10-11,13H,6-9H2,1H3,(H,27,33)(H,34,35)(H,28,29,30). The molecule has 5 rings (SSSR count). The molecule has 0 unspecified atom stereocenters. The van der Waals surface area contributed by atoms with Crippen molar-refractivity contribution in [2.75, 3.05) is 18.4 Å². The third-order valence-corrected chi connectivity index (χ3v) is 6.99. The lowest BCUT2D eigenvalue weighted by molar-refractivity contribution is -0.274. The first-order valence-electron chi connectivity index (χ1n) is 11.2. The topological polar surface area (TPSA) is 122 Å². The van der Waals surface area contributed by atoms with Gasteiger partial charge < -0.3 is 29.9 Å². The Morgan fingerprint density at radius 1 is 1.11 bits per heavy atom. The number of imidazole rings is 1. The monoisotopic (exact) mass is 534 g/mol. The summed E-state index contributed by atoms with van der Waals surface area (Å²) in [6.45, 7) is 0.744. The van der Waals surface area contributed by atoms with Gasteiger partial charge in [0.2, 0.25) is 5.95 Å². The molecule has 2 aromatic heterocycles. The van der Waals surface area contributed by atoms with E-state index in [1.54, 1.807) is 29.8 Å². The molecule has 37 heavy (non-hydrogen) atoms. The summed E-state index contributed by atoms with van der Waals surface area (Å²) in [5.41, 5.74) is 2.26. The minimum Gasteiger partial charge on any atom is -0.465 e. The Bertz CT molecular complexity index is 1490. The number of halogens is 3. The number of carboxylic acid groups (broad SMARTS) is 1. The van der Waals surface area contributed by atoms with Crippen molar-refractivity contribution in [2.24, 2.45) is 7.05 Å². The Kier molecular flexibility index (Phi) is 6.27. The van der Waals surface area contributed by atoms with Crippen LogP contribution in [0.3, 0.4) is 0 Å². The minimum atomic E-state index is -4.78. The lowest BCUT2D eigenvalue weighted by Crippen LogP contribution is -2.46. The lowest BCUT2D eigenvalue weighted by Gasteiger charge is -2.30. The number of hydrogen-bond donors (Lipinski definition) is 3. The van der Waals surface area contributed by atoms with E-state index in [2.05, 4.69) is 25.3 Å². The summed E-state index contributed by atoms with van der Waals surface area (Å²) in [5, 5.41) is 15.5. The number of aromatic nitrogens is 3. The van der Waals surface area contributed by atoms with Crippen molar-refractivity contribution in [1.82, 2.24) is 24.8 Å². The third kappa shape index (κ3) is 5.38. The van der Waals surface area contributed by atoms with E-state index in [1.807, 2.05) is 0 Å². The van der Waals surface area contributed by atoms with Crippen LogP contribution >= 0.6 is 11.3 Å². The number of benzene rings is 2. The van der Waals surface area contributed by atoms with Crippen LogP contribution in [0.2, 0.25) is 0 Å². The van der Waals surface area contributed by atoms with E-state index in [4.69, 9.17) is 5.11 Å². The van der Waals surface area contributed by atoms with Gasteiger partial charge in [-0.2, -0.15) is 0 Å². The zero-order valence-corrected chi connectivity index (χ0v) is 20.2. The van der Waals surface area contributed by atoms with Gasteiger partial charge in [-0.15, -0.1) is 13.2 Å².